The number of para-hydroxylation sites is 1. The van der Waals surface area contributed by atoms with Crippen molar-refractivity contribution < 1.29 is 23.5 Å². The Morgan fingerprint density at radius 1 is 1.14 bits per heavy atom. The number of carbonyl (C=O) groups excluding carboxylic acids is 3. The predicted molar refractivity (Wildman–Crippen MR) is 104 cm³/mol. The van der Waals surface area contributed by atoms with Gasteiger partial charge in [-0.05, 0) is 38.1 Å². The molecule has 1 heterocycles. The minimum absolute atomic E-state index is 0.0524. The monoisotopic (exact) mass is 399 g/mol. The highest BCUT2D eigenvalue weighted by Gasteiger charge is 2.35. The van der Waals surface area contributed by atoms with Crippen LogP contribution in [0.3, 0.4) is 0 Å². The molecule has 1 fully saturated rings. The van der Waals surface area contributed by atoms with Gasteiger partial charge < -0.3 is 9.64 Å². The third-order valence-electron chi connectivity index (χ3n) is 4.66. The van der Waals surface area contributed by atoms with E-state index in [2.05, 4.69) is 10.9 Å². The fourth-order valence-electron chi connectivity index (χ4n) is 2.97. The van der Waals surface area contributed by atoms with Gasteiger partial charge in [0.25, 0.3) is 5.91 Å². The Bertz CT molecular complexity index is 916. The van der Waals surface area contributed by atoms with Gasteiger partial charge in [0.1, 0.15) is 0 Å². The Kier molecular flexibility index (Phi) is 6.11. The zero-order valence-electron chi connectivity index (χ0n) is 16.1. The van der Waals surface area contributed by atoms with Gasteiger partial charge in [-0.2, -0.15) is 0 Å². The fraction of sp³-hybridized carbons (Fsp3) is 0.286. The summed E-state index contributed by atoms with van der Waals surface area (Å²) in [5, 5.41) is 0. The van der Waals surface area contributed by atoms with E-state index in [0.717, 1.165) is 11.3 Å². The maximum absolute atomic E-state index is 13.6. The molecule has 2 aromatic rings. The number of hydrazine groups is 1. The van der Waals surface area contributed by atoms with E-state index in [1.807, 2.05) is 31.2 Å². The number of rotatable bonds is 5. The number of nitrogens with zero attached hydrogens (tertiary/aromatic N) is 1. The third-order valence-corrected chi connectivity index (χ3v) is 4.66. The first-order chi connectivity index (χ1) is 13.8. The van der Waals surface area contributed by atoms with Crippen molar-refractivity contribution in [1.82, 2.24) is 10.9 Å². The van der Waals surface area contributed by atoms with E-state index in [4.69, 9.17) is 4.74 Å². The number of nitrogens with one attached hydrogen (secondary N) is 2. The van der Waals surface area contributed by atoms with Crippen molar-refractivity contribution in [2.45, 2.75) is 26.4 Å². The number of carbonyl (C=O) groups is 3. The second kappa shape index (κ2) is 8.72. The van der Waals surface area contributed by atoms with Crippen LogP contribution in [0.1, 0.15) is 18.9 Å². The van der Waals surface area contributed by atoms with Crippen molar-refractivity contribution in [3.05, 3.63) is 59.9 Å². The Morgan fingerprint density at radius 2 is 1.83 bits per heavy atom. The van der Waals surface area contributed by atoms with E-state index in [0.29, 0.717) is 0 Å². The number of halogens is 1. The lowest BCUT2D eigenvalue weighted by atomic mass is 10.1. The van der Waals surface area contributed by atoms with E-state index < -0.39 is 29.7 Å². The number of benzene rings is 2. The number of ether oxygens (including phenoxy) is 1. The smallest absolute Gasteiger partial charge is 0.279 e. The Balaban J connectivity index is 1.51. The molecule has 152 valence electrons. The molecule has 3 rings (SSSR count). The van der Waals surface area contributed by atoms with Gasteiger partial charge in [-0.1, -0.05) is 29.8 Å². The topological polar surface area (TPSA) is 87.7 Å². The number of hydrogen-bond donors (Lipinski definition) is 2. The van der Waals surface area contributed by atoms with Gasteiger partial charge in [-0.3, -0.25) is 25.2 Å². The highest BCUT2D eigenvalue weighted by Crippen LogP contribution is 2.25. The number of hydrogen-bond acceptors (Lipinski definition) is 4. The summed E-state index contributed by atoms with van der Waals surface area (Å²) in [6, 6.07) is 13.2. The average Bonchev–Trinajstić information content (AvgIpc) is 3.10. The van der Waals surface area contributed by atoms with Gasteiger partial charge >= 0.3 is 0 Å². The molecule has 2 aromatic carbocycles. The van der Waals surface area contributed by atoms with Crippen LogP contribution in [0.2, 0.25) is 0 Å². The van der Waals surface area contributed by atoms with Crippen LogP contribution >= 0.6 is 0 Å². The van der Waals surface area contributed by atoms with E-state index in [1.165, 1.54) is 25.1 Å². The summed E-state index contributed by atoms with van der Waals surface area (Å²) in [5.41, 5.74) is 6.38. The first-order valence-electron chi connectivity index (χ1n) is 9.23. The second-order valence-electron chi connectivity index (χ2n) is 6.91. The molecule has 29 heavy (non-hydrogen) atoms. The summed E-state index contributed by atoms with van der Waals surface area (Å²) < 4.78 is 18.9. The Hall–Kier alpha value is -3.42. The predicted octanol–water partition coefficient (Wildman–Crippen LogP) is 2.10. The quantitative estimate of drug-likeness (QED) is 0.754. The molecule has 0 radical (unpaired) electrons. The summed E-state index contributed by atoms with van der Waals surface area (Å²) in [7, 11) is 0. The minimum Gasteiger partial charge on any atom is -0.478 e. The molecule has 0 spiro atoms. The van der Waals surface area contributed by atoms with E-state index >= 15 is 0 Å². The van der Waals surface area contributed by atoms with Crippen LogP contribution in [0, 0.1) is 18.7 Å². The first kappa shape index (κ1) is 20.3. The summed E-state index contributed by atoms with van der Waals surface area (Å²) >= 11 is 0. The number of aryl methyl sites for hydroxylation is 1. The molecule has 1 saturated heterocycles. The molecule has 2 N–H and O–H groups in total. The molecule has 3 amide bonds. The van der Waals surface area contributed by atoms with Gasteiger partial charge in [0, 0.05) is 18.7 Å². The molecule has 2 atom stereocenters. The van der Waals surface area contributed by atoms with Crippen LogP contribution in [-0.2, 0) is 14.4 Å². The molecule has 8 heteroatoms. The van der Waals surface area contributed by atoms with Crippen LogP contribution in [-0.4, -0.2) is 30.4 Å². The van der Waals surface area contributed by atoms with Crippen LogP contribution in [0.5, 0.6) is 5.75 Å². The van der Waals surface area contributed by atoms with Crippen molar-refractivity contribution in [3.8, 4) is 5.75 Å². The minimum atomic E-state index is -1.03. The van der Waals surface area contributed by atoms with Crippen LogP contribution < -0.4 is 20.5 Å². The average molecular weight is 399 g/mol. The van der Waals surface area contributed by atoms with Gasteiger partial charge in [0.05, 0.1) is 5.92 Å². The van der Waals surface area contributed by atoms with Crippen molar-refractivity contribution in [3.63, 3.8) is 0 Å². The maximum Gasteiger partial charge on any atom is 0.279 e. The maximum atomic E-state index is 13.6. The van der Waals surface area contributed by atoms with Gasteiger partial charge in [-0.25, -0.2) is 4.39 Å². The zero-order chi connectivity index (χ0) is 21.0. The van der Waals surface area contributed by atoms with Crippen LogP contribution in [0.4, 0.5) is 10.1 Å². The summed E-state index contributed by atoms with van der Waals surface area (Å²) in [4.78, 5) is 38.3. The molecule has 0 aromatic heterocycles. The lowest BCUT2D eigenvalue weighted by Crippen LogP contribution is -2.49. The molecule has 0 bridgehead atoms. The lowest BCUT2D eigenvalue weighted by molar-refractivity contribution is -0.134. The molecule has 7 nitrogen and oxygen atoms in total. The molecular weight excluding hydrogens is 377 g/mol. The first-order valence-corrected chi connectivity index (χ1v) is 9.23. The molecule has 0 unspecified atom stereocenters. The van der Waals surface area contributed by atoms with Crippen molar-refractivity contribution >= 4 is 23.4 Å². The normalized spacial score (nSPS) is 17.0. The van der Waals surface area contributed by atoms with Crippen molar-refractivity contribution in [2.24, 2.45) is 5.92 Å². The summed E-state index contributed by atoms with van der Waals surface area (Å²) in [6.45, 7) is 3.61. The molecule has 0 aliphatic carbocycles. The third kappa shape index (κ3) is 4.90. The van der Waals surface area contributed by atoms with Crippen LogP contribution in [0.15, 0.2) is 48.5 Å². The molecular formula is C21H22FN3O4. The fourth-order valence-corrected chi connectivity index (χ4v) is 2.97. The summed E-state index contributed by atoms with van der Waals surface area (Å²) in [5.74, 6) is -2.50. The molecule has 0 saturated carbocycles. The molecule has 1 aliphatic heterocycles. The Labute approximate surface area is 167 Å². The number of anilines is 1. The highest BCUT2D eigenvalue weighted by molar-refractivity contribution is 6.00. The summed E-state index contributed by atoms with van der Waals surface area (Å²) in [6.07, 6.45) is -0.974. The SMILES string of the molecule is Cc1ccc(N2C[C@@H](C(=O)NNC(=O)[C@H](C)Oc3ccccc3F)CC2=O)cc1. The molecule has 1 aliphatic rings. The lowest BCUT2D eigenvalue weighted by Gasteiger charge is -2.18. The number of amides is 3. The second-order valence-corrected chi connectivity index (χ2v) is 6.91. The Morgan fingerprint density at radius 3 is 2.52 bits per heavy atom. The highest BCUT2D eigenvalue weighted by atomic mass is 19.1. The van der Waals surface area contributed by atoms with E-state index in [9.17, 15) is 18.8 Å². The van der Waals surface area contributed by atoms with Gasteiger partial charge in [0.15, 0.2) is 17.7 Å². The largest absolute Gasteiger partial charge is 0.478 e. The van der Waals surface area contributed by atoms with Crippen molar-refractivity contribution in [1.29, 1.82) is 0 Å². The van der Waals surface area contributed by atoms with Crippen molar-refractivity contribution in [2.75, 3.05) is 11.4 Å². The van der Waals surface area contributed by atoms with E-state index in [-0.39, 0.29) is 24.6 Å². The van der Waals surface area contributed by atoms with Gasteiger partial charge in [-0.15, -0.1) is 0 Å². The van der Waals surface area contributed by atoms with Crippen LogP contribution in [0.25, 0.3) is 0 Å². The van der Waals surface area contributed by atoms with Gasteiger partial charge in [0.2, 0.25) is 11.8 Å². The standard InChI is InChI=1S/C21H22FN3O4/c1-13-7-9-16(10-8-13)25-12-15(11-19(25)26)21(28)24-23-20(27)14(2)29-18-6-4-3-5-17(18)22/h3-10,14-15H,11-12H2,1-2H3,(H,23,27)(H,24,28)/t14-,15-/m0/s1. The zero-order valence-corrected chi connectivity index (χ0v) is 16.1. The van der Waals surface area contributed by atoms with E-state index in [1.54, 1.807) is 11.0 Å².